The van der Waals surface area contributed by atoms with Gasteiger partial charge in [0.25, 0.3) is 0 Å². The predicted octanol–water partition coefficient (Wildman–Crippen LogP) is 4.28. The van der Waals surface area contributed by atoms with Crippen LogP contribution in [0.4, 0.5) is 13.6 Å². The number of amides is 1. The van der Waals surface area contributed by atoms with E-state index in [0.717, 1.165) is 0 Å². The molecule has 1 aromatic carbocycles. The van der Waals surface area contributed by atoms with E-state index >= 15 is 0 Å². The van der Waals surface area contributed by atoms with E-state index in [1.807, 2.05) is 6.07 Å². The molecule has 0 spiro atoms. The monoisotopic (exact) mass is 438 g/mol. The smallest absolute Gasteiger partial charge is 0.410 e. The van der Waals surface area contributed by atoms with Crippen molar-refractivity contribution in [2.45, 2.75) is 39.0 Å². The molecule has 1 saturated heterocycles. The average molecular weight is 438 g/mol. The number of nitrogens with zero attached hydrogens (tertiary/aromatic N) is 2. The van der Waals surface area contributed by atoms with Crippen LogP contribution in [0.25, 0.3) is 0 Å². The second-order valence-electron chi connectivity index (χ2n) is 5.93. The highest BCUT2D eigenvalue weighted by Crippen LogP contribution is 2.16. The molecule has 1 aliphatic heterocycles. The van der Waals surface area contributed by atoms with Crippen LogP contribution in [-0.2, 0) is 4.74 Å². The Morgan fingerprint density at radius 3 is 2.48 bits per heavy atom. The van der Waals surface area contributed by atoms with Crippen LogP contribution in [-0.4, -0.2) is 35.9 Å². The third-order valence-corrected chi connectivity index (χ3v) is 2.74. The van der Waals surface area contributed by atoms with Crippen LogP contribution < -0.4 is 0 Å². The molecule has 1 unspecified atom stereocenters. The van der Waals surface area contributed by atoms with Crippen LogP contribution in [0, 0.1) is 17.1 Å². The lowest BCUT2D eigenvalue weighted by Gasteiger charge is -2.23. The fourth-order valence-electron chi connectivity index (χ4n) is 1.77. The van der Waals surface area contributed by atoms with Gasteiger partial charge in [0.05, 0.1) is 18.2 Å². The van der Waals surface area contributed by atoms with Gasteiger partial charge in [-0.25, -0.2) is 13.6 Å². The Bertz CT molecular complexity index is 556. The first-order chi connectivity index (χ1) is 10.2. The van der Waals surface area contributed by atoms with Gasteiger partial charge >= 0.3 is 6.09 Å². The number of nitriles is 1. The summed E-state index contributed by atoms with van der Waals surface area (Å²) < 4.78 is 30.0. The first-order valence-electron chi connectivity index (χ1n) is 6.99. The fraction of sp³-hybridized carbons (Fsp3) is 0.500. The Morgan fingerprint density at radius 1 is 1.43 bits per heavy atom. The average Bonchev–Trinajstić information content (AvgIpc) is 2.84. The quantitative estimate of drug-likeness (QED) is 0.569. The van der Waals surface area contributed by atoms with Crippen molar-refractivity contribution in [3.8, 4) is 6.07 Å². The number of carbonyl (C=O) groups is 1. The summed E-state index contributed by atoms with van der Waals surface area (Å²) in [5, 5.41) is 8.25. The van der Waals surface area contributed by atoms with Gasteiger partial charge in [-0.2, -0.15) is 5.26 Å². The minimum atomic E-state index is -0.882. The molecule has 23 heavy (non-hydrogen) atoms. The third kappa shape index (κ3) is 8.69. The number of hydrogen-bond acceptors (Lipinski definition) is 3. The number of benzene rings is 1. The number of carbonyl (C=O) groups excluding carboxylic acids is 1. The summed E-state index contributed by atoms with van der Waals surface area (Å²) >= 11 is 0. The van der Waals surface area contributed by atoms with Crippen LogP contribution in [0.5, 0.6) is 0 Å². The van der Waals surface area contributed by atoms with E-state index in [1.165, 1.54) is 23.1 Å². The SMILES string of the molecule is CC(C)(C)OC(=O)N1CCC(F)C1.I.N#Cc1cccc(F)c1. The molecular weight excluding hydrogens is 417 g/mol. The molecule has 0 saturated carbocycles. The molecule has 0 N–H and O–H groups in total. The summed E-state index contributed by atoms with van der Waals surface area (Å²) in [4.78, 5) is 12.8. The molecule has 1 amide bonds. The van der Waals surface area contributed by atoms with Crippen LogP contribution >= 0.6 is 24.0 Å². The number of alkyl halides is 1. The summed E-state index contributed by atoms with van der Waals surface area (Å²) in [5.74, 6) is -0.367. The number of hydrogen-bond donors (Lipinski definition) is 0. The van der Waals surface area contributed by atoms with Crippen LogP contribution in [0.1, 0.15) is 32.8 Å². The van der Waals surface area contributed by atoms with Crippen molar-refractivity contribution >= 4 is 30.1 Å². The summed E-state index contributed by atoms with van der Waals surface area (Å²) in [6, 6.07) is 7.40. The third-order valence-electron chi connectivity index (χ3n) is 2.74. The molecule has 7 heteroatoms. The Morgan fingerprint density at radius 2 is 2.09 bits per heavy atom. The Kier molecular flexibility index (Phi) is 9.05. The number of halogens is 3. The van der Waals surface area contributed by atoms with Crippen molar-refractivity contribution in [3.63, 3.8) is 0 Å². The van der Waals surface area contributed by atoms with E-state index < -0.39 is 17.9 Å². The number of ether oxygens (including phenoxy) is 1. The van der Waals surface area contributed by atoms with Gasteiger partial charge in [-0.3, -0.25) is 0 Å². The molecule has 2 rings (SSSR count). The molecule has 0 aliphatic carbocycles. The molecule has 1 aromatic rings. The van der Waals surface area contributed by atoms with Gasteiger partial charge in [0.2, 0.25) is 0 Å². The standard InChI is InChI=1S/C9H16FNO2.C7H4FN.HI/c1-9(2,3)13-8(12)11-5-4-7(10)6-11;8-7-3-1-2-6(4-7)5-9;/h7H,4-6H2,1-3H3;1-4H;1H. The van der Waals surface area contributed by atoms with Crippen molar-refractivity contribution in [1.82, 2.24) is 4.90 Å². The van der Waals surface area contributed by atoms with Crippen molar-refractivity contribution in [2.75, 3.05) is 13.1 Å². The molecule has 1 fully saturated rings. The van der Waals surface area contributed by atoms with Gasteiger partial charge in [-0.1, -0.05) is 6.07 Å². The largest absolute Gasteiger partial charge is 0.444 e. The molecule has 0 bridgehead atoms. The van der Waals surface area contributed by atoms with Gasteiger partial charge in [0.1, 0.15) is 17.6 Å². The van der Waals surface area contributed by atoms with E-state index in [-0.39, 0.29) is 36.3 Å². The van der Waals surface area contributed by atoms with E-state index in [9.17, 15) is 13.6 Å². The van der Waals surface area contributed by atoms with Gasteiger partial charge in [0, 0.05) is 6.54 Å². The number of likely N-dealkylation sites (tertiary alicyclic amines) is 1. The van der Waals surface area contributed by atoms with Crippen LogP contribution in [0.2, 0.25) is 0 Å². The zero-order valence-corrected chi connectivity index (χ0v) is 15.7. The van der Waals surface area contributed by atoms with Gasteiger partial charge in [-0.15, -0.1) is 24.0 Å². The Labute approximate surface area is 152 Å². The molecule has 0 aromatic heterocycles. The first-order valence-corrected chi connectivity index (χ1v) is 6.99. The molecular formula is C16H21F2IN2O2. The van der Waals surface area contributed by atoms with Crippen LogP contribution in [0.3, 0.4) is 0 Å². The van der Waals surface area contributed by atoms with E-state index in [4.69, 9.17) is 10.00 Å². The maximum absolute atomic E-state index is 12.7. The number of rotatable bonds is 0. The topological polar surface area (TPSA) is 53.3 Å². The molecule has 1 aliphatic rings. The predicted molar refractivity (Wildman–Crippen MR) is 93.9 cm³/mol. The maximum atomic E-state index is 12.7. The van der Waals surface area contributed by atoms with E-state index in [1.54, 1.807) is 26.8 Å². The van der Waals surface area contributed by atoms with Crippen molar-refractivity contribution in [2.24, 2.45) is 0 Å². The van der Waals surface area contributed by atoms with E-state index in [2.05, 4.69) is 0 Å². The molecule has 4 nitrogen and oxygen atoms in total. The molecule has 128 valence electrons. The second-order valence-corrected chi connectivity index (χ2v) is 5.93. The highest BCUT2D eigenvalue weighted by Gasteiger charge is 2.29. The summed E-state index contributed by atoms with van der Waals surface area (Å²) in [5.41, 5.74) is -0.138. The van der Waals surface area contributed by atoms with Gasteiger partial charge in [-0.05, 0) is 45.4 Å². The van der Waals surface area contributed by atoms with Gasteiger partial charge < -0.3 is 9.64 Å². The normalized spacial score (nSPS) is 16.5. The van der Waals surface area contributed by atoms with Crippen molar-refractivity contribution in [1.29, 1.82) is 5.26 Å². The Balaban J connectivity index is 0.000000427. The maximum Gasteiger partial charge on any atom is 0.410 e. The lowest BCUT2D eigenvalue weighted by molar-refractivity contribution is 0.0284. The zero-order valence-electron chi connectivity index (χ0n) is 13.4. The highest BCUT2D eigenvalue weighted by molar-refractivity contribution is 14.0. The first kappa shape index (κ1) is 21.6. The lowest BCUT2D eigenvalue weighted by atomic mass is 10.2. The lowest BCUT2D eigenvalue weighted by Crippen LogP contribution is -2.35. The van der Waals surface area contributed by atoms with Gasteiger partial charge in [0.15, 0.2) is 0 Å². The summed E-state index contributed by atoms with van der Waals surface area (Å²) in [7, 11) is 0. The molecule has 1 heterocycles. The van der Waals surface area contributed by atoms with E-state index in [0.29, 0.717) is 18.5 Å². The molecule has 0 radical (unpaired) electrons. The molecule has 1 atom stereocenters. The summed E-state index contributed by atoms with van der Waals surface area (Å²) in [6.07, 6.45) is -0.862. The van der Waals surface area contributed by atoms with Crippen molar-refractivity contribution in [3.05, 3.63) is 35.6 Å². The van der Waals surface area contributed by atoms with Crippen LogP contribution in [0.15, 0.2) is 24.3 Å². The highest BCUT2D eigenvalue weighted by atomic mass is 127. The second kappa shape index (κ2) is 9.65. The fourth-order valence-corrected chi connectivity index (χ4v) is 1.77. The summed E-state index contributed by atoms with van der Waals surface area (Å²) in [6.45, 7) is 6.04. The minimum Gasteiger partial charge on any atom is -0.444 e. The zero-order chi connectivity index (χ0) is 16.8. The minimum absolute atomic E-state index is 0. The van der Waals surface area contributed by atoms with Crippen molar-refractivity contribution < 1.29 is 18.3 Å². The Hall–Kier alpha value is -1.43.